The van der Waals surface area contributed by atoms with E-state index in [1.54, 1.807) is 19.1 Å². The van der Waals surface area contributed by atoms with Crippen molar-refractivity contribution in [3.05, 3.63) is 27.7 Å². The predicted molar refractivity (Wildman–Crippen MR) is 83.6 cm³/mol. The molecule has 1 unspecified atom stereocenters. The van der Waals surface area contributed by atoms with Gasteiger partial charge in [0.25, 0.3) is 0 Å². The summed E-state index contributed by atoms with van der Waals surface area (Å²) in [5.41, 5.74) is 6.56. The number of rotatable bonds is 7. The van der Waals surface area contributed by atoms with Crippen LogP contribution in [0.2, 0.25) is 10.0 Å². The Kier molecular flexibility index (Phi) is 6.58. The molecule has 20 heavy (non-hydrogen) atoms. The van der Waals surface area contributed by atoms with Crippen molar-refractivity contribution in [2.24, 2.45) is 5.73 Å². The number of hydrogen-bond acceptors (Lipinski definition) is 4. The topological polar surface area (TPSA) is 69.4 Å². The molecule has 1 aromatic rings. The standard InChI is InChI=1S/C13H19Cl2NO3S/c1-3-20(17,18)5-4-19-13-10(6-9(2)16)7-11(14)8-12(13)15/h7-9H,3-6,16H2,1-2H3. The van der Waals surface area contributed by atoms with Crippen LogP contribution in [-0.4, -0.2) is 32.6 Å². The van der Waals surface area contributed by atoms with Crippen LogP contribution in [0, 0.1) is 0 Å². The van der Waals surface area contributed by atoms with E-state index in [2.05, 4.69) is 0 Å². The van der Waals surface area contributed by atoms with Gasteiger partial charge >= 0.3 is 0 Å². The lowest BCUT2D eigenvalue weighted by Gasteiger charge is -2.15. The molecule has 0 heterocycles. The van der Waals surface area contributed by atoms with Gasteiger partial charge in [-0.3, -0.25) is 0 Å². The lowest BCUT2D eigenvalue weighted by molar-refractivity contribution is 0.336. The molecule has 1 aromatic carbocycles. The fourth-order valence-electron chi connectivity index (χ4n) is 1.69. The highest BCUT2D eigenvalue weighted by atomic mass is 35.5. The van der Waals surface area contributed by atoms with Gasteiger partial charge in [0, 0.05) is 16.8 Å². The van der Waals surface area contributed by atoms with Crippen molar-refractivity contribution >= 4 is 33.0 Å². The number of nitrogens with two attached hydrogens (primary N) is 1. The van der Waals surface area contributed by atoms with E-state index in [4.69, 9.17) is 33.7 Å². The van der Waals surface area contributed by atoms with Gasteiger partial charge < -0.3 is 10.5 Å². The van der Waals surface area contributed by atoms with Gasteiger partial charge in [-0.15, -0.1) is 0 Å². The maximum Gasteiger partial charge on any atom is 0.153 e. The molecule has 0 spiro atoms. The van der Waals surface area contributed by atoms with E-state index < -0.39 is 9.84 Å². The first-order valence-electron chi connectivity index (χ1n) is 6.32. The Labute approximate surface area is 130 Å². The highest BCUT2D eigenvalue weighted by Gasteiger charge is 2.14. The molecular formula is C13H19Cl2NO3S. The maximum atomic E-state index is 11.4. The second-order valence-electron chi connectivity index (χ2n) is 4.64. The quantitative estimate of drug-likeness (QED) is 0.829. The van der Waals surface area contributed by atoms with E-state index in [0.717, 1.165) is 5.56 Å². The summed E-state index contributed by atoms with van der Waals surface area (Å²) in [6.45, 7) is 3.52. The molecule has 1 atom stereocenters. The van der Waals surface area contributed by atoms with E-state index >= 15 is 0 Å². The van der Waals surface area contributed by atoms with Crippen LogP contribution in [0.25, 0.3) is 0 Å². The SMILES string of the molecule is CCS(=O)(=O)CCOc1c(Cl)cc(Cl)cc1CC(C)N. The Morgan fingerprint density at radius 2 is 2.00 bits per heavy atom. The summed E-state index contributed by atoms with van der Waals surface area (Å²) in [6, 6.07) is 3.23. The summed E-state index contributed by atoms with van der Waals surface area (Å²) in [5, 5.41) is 0.862. The number of sulfone groups is 1. The third-order valence-corrected chi connectivity index (χ3v) is 4.88. The molecule has 0 amide bonds. The van der Waals surface area contributed by atoms with Crippen LogP contribution >= 0.6 is 23.2 Å². The van der Waals surface area contributed by atoms with E-state index in [0.29, 0.717) is 22.2 Å². The van der Waals surface area contributed by atoms with Gasteiger partial charge in [0.2, 0.25) is 0 Å². The van der Waals surface area contributed by atoms with E-state index in [1.807, 2.05) is 6.92 Å². The van der Waals surface area contributed by atoms with Crippen molar-refractivity contribution in [3.8, 4) is 5.75 Å². The third kappa shape index (κ3) is 5.48. The van der Waals surface area contributed by atoms with Crippen molar-refractivity contribution in [3.63, 3.8) is 0 Å². The van der Waals surface area contributed by atoms with E-state index in [9.17, 15) is 8.42 Å². The molecule has 0 aliphatic heterocycles. The average Bonchev–Trinajstić information content (AvgIpc) is 2.31. The molecule has 1 rings (SSSR count). The van der Waals surface area contributed by atoms with Gasteiger partial charge in [-0.1, -0.05) is 30.1 Å². The Bertz CT molecular complexity index is 559. The Balaban J connectivity index is 2.87. The summed E-state index contributed by atoms with van der Waals surface area (Å²) in [6.07, 6.45) is 0.552. The summed E-state index contributed by atoms with van der Waals surface area (Å²) < 4.78 is 28.4. The zero-order chi connectivity index (χ0) is 15.3. The van der Waals surface area contributed by atoms with Crippen LogP contribution in [0.4, 0.5) is 0 Å². The van der Waals surface area contributed by atoms with Crippen LogP contribution in [0.15, 0.2) is 12.1 Å². The first-order chi connectivity index (χ1) is 9.25. The summed E-state index contributed by atoms with van der Waals surface area (Å²) >= 11 is 12.1. The van der Waals surface area contributed by atoms with Crippen LogP contribution in [0.3, 0.4) is 0 Å². The molecule has 0 bridgehead atoms. The van der Waals surface area contributed by atoms with Crippen molar-refractivity contribution in [1.29, 1.82) is 0 Å². The Morgan fingerprint density at radius 1 is 1.35 bits per heavy atom. The minimum Gasteiger partial charge on any atom is -0.491 e. The molecule has 0 radical (unpaired) electrons. The van der Waals surface area contributed by atoms with Crippen molar-refractivity contribution in [2.45, 2.75) is 26.3 Å². The van der Waals surface area contributed by atoms with Gasteiger partial charge in [-0.05, 0) is 31.0 Å². The molecule has 0 aliphatic rings. The van der Waals surface area contributed by atoms with Gasteiger partial charge in [-0.2, -0.15) is 0 Å². The smallest absolute Gasteiger partial charge is 0.153 e. The number of benzene rings is 1. The minimum atomic E-state index is -3.07. The predicted octanol–water partition coefficient (Wildman–Crippen LogP) is 2.70. The summed E-state index contributed by atoms with van der Waals surface area (Å²) in [7, 11) is -3.07. The highest BCUT2D eigenvalue weighted by molar-refractivity contribution is 7.91. The lowest BCUT2D eigenvalue weighted by Crippen LogP contribution is -2.20. The molecule has 7 heteroatoms. The van der Waals surface area contributed by atoms with Crippen LogP contribution < -0.4 is 10.5 Å². The molecule has 0 fully saturated rings. The van der Waals surface area contributed by atoms with E-state index in [1.165, 1.54) is 0 Å². The zero-order valence-electron chi connectivity index (χ0n) is 11.5. The van der Waals surface area contributed by atoms with Gasteiger partial charge in [0.15, 0.2) is 9.84 Å². The monoisotopic (exact) mass is 339 g/mol. The zero-order valence-corrected chi connectivity index (χ0v) is 13.9. The second-order valence-corrected chi connectivity index (χ2v) is 7.96. The Hall–Kier alpha value is -0.490. The molecule has 2 N–H and O–H groups in total. The van der Waals surface area contributed by atoms with Crippen LogP contribution in [-0.2, 0) is 16.3 Å². The summed E-state index contributed by atoms with van der Waals surface area (Å²) in [4.78, 5) is 0. The van der Waals surface area contributed by atoms with Gasteiger partial charge in [0.1, 0.15) is 12.4 Å². The van der Waals surface area contributed by atoms with Crippen molar-refractivity contribution in [1.82, 2.24) is 0 Å². The molecule has 0 saturated carbocycles. The summed E-state index contributed by atoms with van der Waals surface area (Å²) in [5.74, 6) is 0.511. The molecule has 0 aromatic heterocycles. The second kappa shape index (κ2) is 7.50. The van der Waals surface area contributed by atoms with Crippen LogP contribution in [0.5, 0.6) is 5.75 Å². The van der Waals surface area contributed by atoms with Crippen molar-refractivity contribution < 1.29 is 13.2 Å². The first-order valence-corrected chi connectivity index (χ1v) is 8.89. The highest BCUT2D eigenvalue weighted by Crippen LogP contribution is 2.33. The largest absolute Gasteiger partial charge is 0.491 e. The maximum absolute atomic E-state index is 11.4. The van der Waals surface area contributed by atoms with E-state index in [-0.39, 0.29) is 24.2 Å². The molecule has 114 valence electrons. The number of ether oxygens (including phenoxy) is 1. The van der Waals surface area contributed by atoms with Crippen molar-refractivity contribution in [2.75, 3.05) is 18.1 Å². The average molecular weight is 340 g/mol. The minimum absolute atomic E-state index is 0.0416. The molecule has 0 saturated heterocycles. The first kappa shape index (κ1) is 17.6. The molecular weight excluding hydrogens is 321 g/mol. The molecule has 4 nitrogen and oxygen atoms in total. The van der Waals surface area contributed by atoms with Crippen LogP contribution in [0.1, 0.15) is 19.4 Å². The third-order valence-electron chi connectivity index (χ3n) is 2.71. The Morgan fingerprint density at radius 3 is 2.55 bits per heavy atom. The van der Waals surface area contributed by atoms with Gasteiger partial charge in [0.05, 0.1) is 10.8 Å². The number of halogens is 2. The lowest BCUT2D eigenvalue weighted by atomic mass is 10.1. The normalized spacial score (nSPS) is 13.2. The fraction of sp³-hybridized carbons (Fsp3) is 0.538. The molecule has 0 aliphatic carbocycles. The van der Waals surface area contributed by atoms with Gasteiger partial charge in [-0.25, -0.2) is 8.42 Å². The number of hydrogen-bond donors (Lipinski definition) is 1. The fourth-order valence-corrected chi connectivity index (χ4v) is 2.90.